The molecule has 0 saturated carbocycles. The fraction of sp³-hybridized carbons (Fsp3) is 0.111. The van der Waals surface area contributed by atoms with Crippen LogP contribution in [0.1, 0.15) is 0 Å². The van der Waals surface area contributed by atoms with Crippen molar-refractivity contribution in [2.24, 2.45) is 0 Å². The van der Waals surface area contributed by atoms with Gasteiger partial charge in [-0.3, -0.25) is 4.98 Å². The van der Waals surface area contributed by atoms with Crippen molar-refractivity contribution in [2.45, 2.75) is 0 Å². The second-order valence-electron chi connectivity index (χ2n) is 2.76. The zero-order chi connectivity index (χ0) is 9.97. The van der Waals surface area contributed by atoms with Crippen molar-refractivity contribution in [3.8, 4) is 11.4 Å². The summed E-state index contributed by atoms with van der Waals surface area (Å²) in [4.78, 5) is 3.98. The number of aromatic nitrogens is 3. The molecular formula is C9H10N4O. The molecule has 14 heavy (non-hydrogen) atoms. The molecule has 0 spiro atoms. The molecule has 0 saturated heterocycles. The maximum Gasteiger partial charge on any atom is 0.157 e. The van der Waals surface area contributed by atoms with E-state index < -0.39 is 0 Å². The molecule has 0 aliphatic rings. The lowest BCUT2D eigenvalue weighted by atomic mass is 10.3. The number of nitrogen functional groups attached to an aromatic ring is 1. The number of pyridine rings is 1. The number of rotatable bonds is 2. The average molecular weight is 190 g/mol. The van der Waals surface area contributed by atoms with E-state index in [2.05, 4.69) is 10.1 Å². The highest BCUT2D eigenvalue weighted by Gasteiger charge is 2.03. The SMILES string of the molecule is COc1cnn(-c2cnccc2N)c1. The van der Waals surface area contributed by atoms with Gasteiger partial charge in [-0.1, -0.05) is 0 Å². The van der Waals surface area contributed by atoms with Gasteiger partial charge >= 0.3 is 0 Å². The number of methoxy groups -OCH3 is 1. The van der Waals surface area contributed by atoms with Gasteiger partial charge in [0.25, 0.3) is 0 Å². The Morgan fingerprint density at radius 3 is 2.93 bits per heavy atom. The quantitative estimate of drug-likeness (QED) is 0.762. The highest BCUT2D eigenvalue weighted by molar-refractivity contribution is 5.55. The number of nitrogens with two attached hydrogens (primary N) is 1. The van der Waals surface area contributed by atoms with E-state index in [1.165, 1.54) is 0 Å². The summed E-state index contributed by atoms with van der Waals surface area (Å²) in [6.07, 6.45) is 6.65. The third kappa shape index (κ3) is 1.39. The Labute approximate surface area is 81.1 Å². The molecule has 0 amide bonds. The summed E-state index contributed by atoms with van der Waals surface area (Å²) in [5.74, 6) is 0.688. The smallest absolute Gasteiger partial charge is 0.157 e. The maximum absolute atomic E-state index is 5.76. The van der Waals surface area contributed by atoms with E-state index in [-0.39, 0.29) is 0 Å². The first-order valence-electron chi connectivity index (χ1n) is 4.10. The normalized spacial score (nSPS) is 10.1. The monoisotopic (exact) mass is 190 g/mol. The molecule has 0 aliphatic carbocycles. The standard InChI is InChI=1S/C9H10N4O/c1-14-7-4-12-13(6-7)9-5-11-3-2-8(9)10/h2-6H,1H3,(H2,10,11). The van der Waals surface area contributed by atoms with Crippen molar-refractivity contribution in [1.82, 2.24) is 14.8 Å². The van der Waals surface area contributed by atoms with E-state index >= 15 is 0 Å². The van der Waals surface area contributed by atoms with Gasteiger partial charge in [-0.2, -0.15) is 5.10 Å². The molecule has 72 valence electrons. The van der Waals surface area contributed by atoms with Gasteiger partial charge < -0.3 is 10.5 Å². The van der Waals surface area contributed by atoms with Crippen LogP contribution in [-0.4, -0.2) is 21.9 Å². The maximum atomic E-state index is 5.76. The van der Waals surface area contributed by atoms with Crippen LogP contribution in [0.2, 0.25) is 0 Å². The van der Waals surface area contributed by atoms with E-state index in [4.69, 9.17) is 10.5 Å². The Balaban J connectivity index is 2.44. The molecule has 2 N–H and O–H groups in total. The lowest BCUT2D eigenvalue weighted by Gasteiger charge is -2.02. The van der Waals surface area contributed by atoms with Gasteiger partial charge in [0, 0.05) is 6.20 Å². The number of ether oxygens (including phenoxy) is 1. The van der Waals surface area contributed by atoms with Gasteiger partial charge in [0.2, 0.25) is 0 Å². The fourth-order valence-corrected chi connectivity index (χ4v) is 1.13. The van der Waals surface area contributed by atoms with Crippen molar-refractivity contribution in [3.05, 3.63) is 30.9 Å². The van der Waals surface area contributed by atoms with Crippen LogP contribution in [0.25, 0.3) is 5.69 Å². The molecule has 0 atom stereocenters. The van der Waals surface area contributed by atoms with Crippen LogP contribution in [-0.2, 0) is 0 Å². The molecule has 2 rings (SSSR count). The Hall–Kier alpha value is -2.04. The minimum absolute atomic E-state index is 0.630. The number of hydrogen-bond acceptors (Lipinski definition) is 4. The summed E-state index contributed by atoms with van der Waals surface area (Å²) in [5.41, 5.74) is 7.14. The third-order valence-electron chi connectivity index (χ3n) is 1.87. The van der Waals surface area contributed by atoms with Crippen molar-refractivity contribution in [2.75, 3.05) is 12.8 Å². The molecule has 0 radical (unpaired) electrons. The molecule has 0 bridgehead atoms. The van der Waals surface area contributed by atoms with Crippen LogP contribution in [0.3, 0.4) is 0 Å². The van der Waals surface area contributed by atoms with Crippen LogP contribution in [0.5, 0.6) is 5.75 Å². The average Bonchev–Trinajstić information content (AvgIpc) is 2.67. The molecular weight excluding hydrogens is 180 g/mol. The lowest BCUT2D eigenvalue weighted by Crippen LogP contribution is -2.00. The highest BCUT2D eigenvalue weighted by atomic mass is 16.5. The highest BCUT2D eigenvalue weighted by Crippen LogP contribution is 2.17. The van der Waals surface area contributed by atoms with Crippen LogP contribution >= 0.6 is 0 Å². The molecule has 2 aromatic heterocycles. The summed E-state index contributed by atoms with van der Waals surface area (Å²) in [7, 11) is 1.59. The van der Waals surface area contributed by atoms with Crippen molar-refractivity contribution < 1.29 is 4.74 Å². The van der Waals surface area contributed by atoms with E-state index in [0.717, 1.165) is 5.69 Å². The number of nitrogens with zero attached hydrogens (tertiary/aromatic N) is 3. The van der Waals surface area contributed by atoms with E-state index in [1.807, 2.05) is 0 Å². The van der Waals surface area contributed by atoms with Crippen molar-refractivity contribution >= 4 is 5.69 Å². The number of anilines is 1. The number of hydrogen-bond donors (Lipinski definition) is 1. The van der Waals surface area contributed by atoms with Gasteiger partial charge in [0.1, 0.15) is 5.69 Å². The van der Waals surface area contributed by atoms with Crippen LogP contribution in [0, 0.1) is 0 Å². The van der Waals surface area contributed by atoms with Gasteiger partial charge in [0.05, 0.1) is 31.4 Å². The van der Waals surface area contributed by atoms with Crippen molar-refractivity contribution in [1.29, 1.82) is 0 Å². The van der Waals surface area contributed by atoms with E-state index in [9.17, 15) is 0 Å². The first-order valence-corrected chi connectivity index (χ1v) is 4.10. The Morgan fingerprint density at radius 2 is 2.29 bits per heavy atom. The fourth-order valence-electron chi connectivity index (χ4n) is 1.13. The first-order chi connectivity index (χ1) is 6.81. The second kappa shape index (κ2) is 3.37. The van der Waals surface area contributed by atoms with Crippen molar-refractivity contribution in [3.63, 3.8) is 0 Å². The molecule has 0 aromatic carbocycles. The molecule has 0 aliphatic heterocycles. The molecule has 5 heteroatoms. The summed E-state index contributed by atoms with van der Waals surface area (Å²) >= 11 is 0. The van der Waals surface area contributed by atoms with Gasteiger partial charge in [-0.15, -0.1) is 0 Å². The molecule has 2 heterocycles. The third-order valence-corrected chi connectivity index (χ3v) is 1.87. The zero-order valence-corrected chi connectivity index (χ0v) is 7.71. The van der Waals surface area contributed by atoms with Crippen LogP contribution in [0.15, 0.2) is 30.9 Å². The van der Waals surface area contributed by atoms with E-state index in [1.54, 1.807) is 42.6 Å². The first kappa shape index (κ1) is 8.55. The molecule has 2 aromatic rings. The Bertz CT molecular complexity index is 438. The topological polar surface area (TPSA) is 66.0 Å². The predicted molar refractivity (Wildman–Crippen MR) is 52.3 cm³/mol. The Kier molecular flexibility index (Phi) is 2.06. The van der Waals surface area contributed by atoms with Crippen LogP contribution in [0.4, 0.5) is 5.69 Å². The summed E-state index contributed by atoms with van der Waals surface area (Å²) in [6.45, 7) is 0. The lowest BCUT2D eigenvalue weighted by molar-refractivity contribution is 0.414. The predicted octanol–water partition coefficient (Wildman–Crippen LogP) is 0.858. The van der Waals surface area contributed by atoms with Gasteiger partial charge in [-0.05, 0) is 6.07 Å². The van der Waals surface area contributed by atoms with Gasteiger partial charge in [-0.25, -0.2) is 4.68 Å². The Morgan fingerprint density at radius 1 is 1.43 bits per heavy atom. The second-order valence-corrected chi connectivity index (χ2v) is 2.76. The molecule has 0 fully saturated rings. The minimum atomic E-state index is 0.630. The van der Waals surface area contributed by atoms with E-state index in [0.29, 0.717) is 11.4 Å². The summed E-state index contributed by atoms with van der Waals surface area (Å²) in [5, 5.41) is 4.09. The zero-order valence-electron chi connectivity index (χ0n) is 7.71. The summed E-state index contributed by atoms with van der Waals surface area (Å²) < 4.78 is 6.64. The minimum Gasteiger partial charge on any atom is -0.493 e. The molecule has 5 nitrogen and oxygen atoms in total. The molecule has 0 unspecified atom stereocenters. The van der Waals surface area contributed by atoms with Gasteiger partial charge in [0.15, 0.2) is 5.75 Å². The van der Waals surface area contributed by atoms with Crippen LogP contribution < -0.4 is 10.5 Å². The largest absolute Gasteiger partial charge is 0.493 e. The summed E-state index contributed by atoms with van der Waals surface area (Å²) in [6, 6.07) is 1.73.